The lowest BCUT2D eigenvalue weighted by atomic mass is 9.89. The molecule has 1 aliphatic rings. The standard InChI is InChI=1S/C15H17N5O/c16-8-12-4-1-2-5-13(12)10-20-7-3-6-15(21,11-20)14-9-17-19-18-14/h1-2,4-5,9,21H,3,6-7,10-11H2,(H,17,18,19). The average Bonchev–Trinajstić information content (AvgIpc) is 3.03. The third kappa shape index (κ3) is 2.79. The molecule has 108 valence electrons. The molecule has 0 saturated carbocycles. The molecule has 0 spiro atoms. The maximum atomic E-state index is 10.8. The number of hydrogen-bond donors (Lipinski definition) is 2. The van der Waals surface area contributed by atoms with Crippen molar-refractivity contribution in [2.75, 3.05) is 13.1 Å². The number of aromatic amines is 1. The van der Waals surface area contributed by atoms with Gasteiger partial charge in [0.25, 0.3) is 0 Å². The highest BCUT2D eigenvalue weighted by Gasteiger charge is 2.37. The minimum Gasteiger partial charge on any atom is -0.382 e. The SMILES string of the molecule is N#Cc1ccccc1CN1CCCC(O)(c2cn[nH]n2)C1. The summed E-state index contributed by atoms with van der Waals surface area (Å²) in [6, 6.07) is 9.80. The van der Waals surface area contributed by atoms with Gasteiger partial charge in [-0.1, -0.05) is 18.2 Å². The van der Waals surface area contributed by atoms with Crippen LogP contribution in [0.5, 0.6) is 0 Å². The van der Waals surface area contributed by atoms with Crippen molar-refractivity contribution in [1.82, 2.24) is 20.3 Å². The van der Waals surface area contributed by atoms with Crippen molar-refractivity contribution in [1.29, 1.82) is 5.26 Å². The first-order chi connectivity index (χ1) is 10.2. The first-order valence-electron chi connectivity index (χ1n) is 7.00. The molecule has 1 atom stereocenters. The molecule has 0 bridgehead atoms. The van der Waals surface area contributed by atoms with Crippen LogP contribution in [-0.4, -0.2) is 38.5 Å². The number of piperidine rings is 1. The molecule has 2 heterocycles. The van der Waals surface area contributed by atoms with Gasteiger partial charge in [0, 0.05) is 13.1 Å². The number of benzene rings is 1. The number of nitrogens with one attached hydrogen (secondary N) is 1. The molecule has 21 heavy (non-hydrogen) atoms. The molecule has 6 nitrogen and oxygen atoms in total. The Morgan fingerprint density at radius 3 is 3.05 bits per heavy atom. The molecule has 0 aliphatic carbocycles. The van der Waals surface area contributed by atoms with E-state index >= 15 is 0 Å². The molecule has 0 radical (unpaired) electrons. The van der Waals surface area contributed by atoms with Crippen LogP contribution in [0.3, 0.4) is 0 Å². The molecule has 2 aromatic rings. The van der Waals surface area contributed by atoms with Crippen molar-refractivity contribution >= 4 is 0 Å². The summed E-state index contributed by atoms with van der Waals surface area (Å²) in [6.07, 6.45) is 3.14. The first kappa shape index (κ1) is 13.7. The zero-order chi connectivity index (χ0) is 14.7. The third-order valence-electron chi connectivity index (χ3n) is 3.97. The van der Waals surface area contributed by atoms with Crippen LogP contribution in [0.25, 0.3) is 0 Å². The summed E-state index contributed by atoms with van der Waals surface area (Å²) in [6.45, 7) is 2.06. The second-order valence-corrected chi connectivity index (χ2v) is 5.47. The highest BCUT2D eigenvalue weighted by atomic mass is 16.3. The van der Waals surface area contributed by atoms with Gasteiger partial charge in [-0.25, -0.2) is 0 Å². The lowest BCUT2D eigenvalue weighted by Crippen LogP contribution is -2.46. The van der Waals surface area contributed by atoms with Crippen molar-refractivity contribution in [2.24, 2.45) is 0 Å². The Hall–Kier alpha value is -2.23. The molecular weight excluding hydrogens is 266 g/mol. The van der Waals surface area contributed by atoms with E-state index in [-0.39, 0.29) is 0 Å². The van der Waals surface area contributed by atoms with E-state index in [1.807, 2.05) is 24.3 Å². The van der Waals surface area contributed by atoms with Crippen LogP contribution < -0.4 is 0 Å². The Kier molecular flexibility index (Phi) is 3.69. The number of nitrogens with zero attached hydrogens (tertiary/aromatic N) is 4. The molecule has 1 aromatic heterocycles. The Balaban J connectivity index is 1.77. The molecular formula is C15H17N5O. The maximum absolute atomic E-state index is 10.8. The molecule has 1 fully saturated rings. The van der Waals surface area contributed by atoms with Crippen LogP contribution in [-0.2, 0) is 12.1 Å². The molecule has 6 heteroatoms. The molecule has 0 amide bonds. The smallest absolute Gasteiger partial charge is 0.123 e. The first-order valence-corrected chi connectivity index (χ1v) is 7.00. The van der Waals surface area contributed by atoms with E-state index in [9.17, 15) is 5.11 Å². The summed E-state index contributed by atoms with van der Waals surface area (Å²) >= 11 is 0. The van der Waals surface area contributed by atoms with Crippen LogP contribution in [0.1, 0.15) is 29.7 Å². The summed E-state index contributed by atoms with van der Waals surface area (Å²) in [5.74, 6) is 0. The van der Waals surface area contributed by atoms with Crippen LogP contribution in [0.2, 0.25) is 0 Å². The predicted octanol–water partition coefficient (Wildman–Crippen LogP) is 1.16. The molecule has 1 aromatic carbocycles. The quantitative estimate of drug-likeness (QED) is 0.882. The number of β-amino-alcohol motifs (C(OH)–C–C–N with tert-alkyl or cyclic N) is 1. The van der Waals surface area contributed by atoms with Crippen LogP contribution in [0, 0.1) is 11.3 Å². The van der Waals surface area contributed by atoms with E-state index in [1.54, 1.807) is 6.20 Å². The lowest BCUT2D eigenvalue weighted by molar-refractivity contribution is -0.0414. The lowest BCUT2D eigenvalue weighted by Gasteiger charge is -2.38. The minimum absolute atomic E-state index is 0.499. The number of nitriles is 1. The Morgan fingerprint density at radius 1 is 1.43 bits per heavy atom. The van der Waals surface area contributed by atoms with Gasteiger partial charge >= 0.3 is 0 Å². The van der Waals surface area contributed by atoms with Crippen LogP contribution >= 0.6 is 0 Å². The third-order valence-corrected chi connectivity index (χ3v) is 3.97. The second-order valence-electron chi connectivity index (χ2n) is 5.47. The van der Waals surface area contributed by atoms with Gasteiger partial charge in [-0.3, -0.25) is 4.90 Å². The maximum Gasteiger partial charge on any atom is 0.123 e. The van der Waals surface area contributed by atoms with E-state index in [0.29, 0.717) is 30.8 Å². The van der Waals surface area contributed by atoms with E-state index in [1.165, 1.54) is 0 Å². The van der Waals surface area contributed by atoms with E-state index < -0.39 is 5.60 Å². The van der Waals surface area contributed by atoms with Gasteiger partial charge in [-0.05, 0) is 31.0 Å². The molecule has 1 aliphatic heterocycles. The van der Waals surface area contributed by atoms with E-state index in [0.717, 1.165) is 18.5 Å². The molecule has 3 rings (SSSR count). The topological polar surface area (TPSA) is 88.8 Å². The van der Waals surface area contributed by atoms with Gasteiger partial charge in [0.05, 0.1) is 17.8 Å². The van der Waals surface area contributed by atoms with Gasteiger partial charge in [0.15, 0.2) is 0 Å². The van der Waals surface area contributed by atoms with Gasteiger partial charge in [0.2, 0.25) is 0 Å². The van der Waals surface area contributed by atoms with Gasteiger partial charge < -0.3 is 5.11 Å². The van der Waals surface area contributed by atoms with Gasteiger partial charge in [-0.15, -0.1) is 0 Å². The average molecular weight is 283 g/mol. The van der Waals surface area contributed by atoms with Gasteiger partial charge in [-0.2, -0.15) is 20.7 Å². The largest absolute Gasteiger partial charge is 0.382 e. The van der Waals surface area contributed by atoms with Crippen molar-refractivity contribution in [3.05, 3.63) is 47.3 Å². The summed E-state index contributed by atoms with van der Waals surface area (Å²) in [7, 11) is 0. The number of likely N-dealkylation sites (tertiary alicyclic amines) is 1. The zero-order valence-corrected chi connectivity index (χ0v) is 11.7. The summed E-state index contributed by atoms with van der Waals surface area (Å²) in [5, 5.41) is 30.3. The fourth-order valence-electron chi connectivity index (χ4n) is 2.90. The highest BCUT2D eigenvalue weighted by Crippen LogP contribution is 2.30. The highest BCUT2D eigenvalue weighted by molar-refractivity contribution is 5.37. The number of H-pyrrole nitrogens is 1. The Morgan fingerprint density at radius 2 is 2.29 bits per heavy atom. The summed E-state index contributed by atoms with van der Waals surface area (Å²) in [4.78, 5) is 2.16. The summed E-state index contributed by atoms with van der Waals surface area (Å²) < 4.78 is 0. The van der Waals surface area contributed by atoms with Crippen LogP contribution in [0.15, 0.2) is 30.5 Å². The minimum atomic E-state index is -0.965. The molecule has 1 unspecified atom stereocenters. The fraction of sp³-hybridized carbons (Fsp3) is 0.400. The fourth-order valence-corrected chi connectivity index (χ4v) is 2.90. The monoisotopic (exact) mass is 283 g/mol. The molecule has 2 N–H and O–H groups in total. The molecule has 1 saturated heterocycles. The van der Waals surface area contributed by atoms with E-state index in [2.05, 4.69) is 26.4 Å². The number of hydrogen-bond acceptors (Lipinski definition) is 5. The summed E-state index contributed by atoms with van der Waals surface area (Å²) in [5.41, 5.74) is 1.30. The zero-order valence-electron chi connectivity index (χ0n) is 11.7. The van der Waals surface area contributed by atoms with Crippen LogP contribution in [0.4, 0.5) is 0 Å². The Labute approximate surface area is 123 Å². The van der Waals surface area contributed by atoms with Gasteiger partial charge in [0.1, 0.15) is 11.3 Å². The normalized spacial score (nSPS) is 22.9. The number of rotatable bonds is 3. The Bertz CT molecular complexity index is 648. The van der Waals surface area contributed by atoms with Crippen molar-refractivity contribution in [2.45, 2.75) is 25.0 Å². The van der Waals surface area contributed by atoms with Crippen molar-refractivity contribution in [3.63, 3.8) is 0 Å². The number of aromatic nitrogens is 3. The number of aliphatic hydroxyl groups is 1. The predicted molar refractivity (Wildman–Crippen MR) is 75.9 cm³/mol. The van der Waals surface area contributed by atoms with Crippen molar-refractivity contribution in [3.8, 4) is 6.07 Å². The van der Waals surface area contributed by atoms with E-state index in [4.69, 9.17) is 5.26 Å². The van der Waals surface area contributed by atoms with Crippen molar-refractivity contribution < 1.29 is 5.11 Å². The second kappa shape index (κ2) is 5.64.